The summed E-state index contributed by atoms with van der Waals surface area (Å²) >= 11 is 0. The van der Waals surface area contributed by atoms with Crippen LogP contribution in [0.5, 0.6) is 5.75 Å². The van der Waals surface area contributed by atoms with Gasteiger partial charge in [-0.2, -0.15) is 13.2 Å². The number of halogens is 3. The third-order valence-corrected chi connectivity index (χ3v) is 4.94. The van der Waals surface area contributed by atoms with Gasteiger partial charge >= 0.3 is 12.1 Å². The predicted octanol–water partition coefficient (Wildman–Crippen LogP) is 6.37. The molecule has 0 N–H and O–H groups in total. The SMILES string of the molecule is CCOC(=O)CCc1ccc(Cc2cccc(OCc3ccccc3)c2)cc1C(F)(F)F. The fourth-order valence-corrected chi connectivity index (χ4v) is 3.41. The summed E-state index contributed by atoms with van der Waals surface area (Å²) in [6.07, 6.45) is -4.27. The van der Waals surface area contributed by atoms with E-state index >= 15 is 0 Å². The predicted molar refractivity (Wildman–Crippen MR) is 116 cm³/mol. The molecule has 0 saturated heterocycles. The monoisotopic (exact) mass is 442 g/mol. The van der Waals surface area contributed by atoms with Crippen molar-refractivity contribution in [3.05, 3.63) is 101 Å². The Morgan fingerprint density at radius 3 is 2.31 bits per heavy atom. The smallest absolute Gasteiger partial charge is 0.416 e. The van der Waals surface area contributed by atoms with E-state index in [0.717, 1.165) is 17.2 Å². The molecule has 0 aliphatic rings. The Hall–Kier alpha value is -3.28. The molecule has 0 heterocycles. The molecule has 3 aromatic rings. The van der Waals surface area contributed by atoms with Crippen LogP contribution >= 0.6 is 0 Å². The molecule has 32 heavy (non-hydrogen) atoms. The Labute approximate surface area is 185 Å². The number of carbonyl (C=O) groups excluding carboxylic acids is 1. The summed E-state index contributed by atoms with van der Waals surface area (Å²) in [7, 11) is 0. The maximum atomic E-state index is 13.6. The van der Waals surface area contributed by atoms with Crippen LogP contribution in [0.2, 0.25) is 0 Å². The van der Waals surface area contributed by atoms with Crippen LogP contribution in [0.1, 0.15) is 41.2 Å². The molecule has 0 atom stereocenters. The zero-order valence-electron chi connectivity index (χ0n) is 17.8. The highest BCUT2D eigenvalue weighted by atomic mass is 19.4. The number of rotatable bonds is 9. The van der Waals surface area contributed by atoms with Crippen LogP contribution in [0.25, 0.3) is 0 Å². The van der Waals surface area contributed by atoms with Gasteiger partial charge in [0.05, 0.1) is 12.2 Å². The van der Waals surface area contributed by atoms with E-state index in [1.807, 2.05) is 54.6 Å². The van der Waals surface area contributed by atoms with Crippen molar-refractivity contribution in [2.75, 3.05) is 6.61 Å². The lowest BCUT2D eigenvalue weighted by molar-refractivity contribution is -0.144. The molecule has 0 unspecified atom stereocenters. The molecule has 6 heteroatoms. The highest BCUT2D eigenvalue weighted by Gasteiger charge is 2.33. The number of carbonyl (C=O) groups is 1. The lowest BCUT2D eigenvalue weighted by atomic mass is 9.96. The van der Waals surface area contributed by atoms with E-state index in [2.05, 4.69) is 0 Å². The van der Waals surface area contributed by atoms with E-state index < -0.39 is 17.7 Å². The van der Waals surface area contributed by atoms with E-state index in [1.165, 1.54) is 6.07 Å². The number of benzene rings is 3. The molecule has 0 spiro atoms. The van der Waals surface area contributed by atoms with Gasteiger partial charge in [0.1, 0.15) is 12.4 Å². The molecule has 0 radical (unpaired) electrons. The number of hydrogen-bond donors (Lipinski definition) is 0. The van der Waals surface area contributed by atoms with Crippen LogP contribution in [-0.4, -0.2) is 12.6 Å². The normalized spacial score (nSPS) is 11.2. The van der Waals surface area contributed by atoms with Crippen molar-refractivity contribution in [1.82, 2.24) is 0 Å². The number of esters is 1. The Morgan fingerprint density at radius 2 is 1.59 bits per heavy atom. The first kappa shape index (κ1) is 23.4. The van der Waals surface area contributed by atoms with Gasteiger partial charge in [-0.05, 0) is 60.2 Å². The first-order valence-electron chi connectivity index (χ1n) is 10.5. The first-order valence-corrected chi connectivity index (χ1v) is 10.5. The van der Waals surface area contributed by atoms with Gasteiger partial charge in [-0.15, -0.1) is 0 Å². The molecule has 0 aliphatic carbocycles. The van der Waals surface area contributed by atoms with Crippen molar-refractivity contribution >= 4 is 5.97 Å². The minimum atomic E-state index is -4.50. The molecule has 168 valence electrons. The van der Waals surface area contributed by atoms with Gasteiger partial charge in [-0.1, -0.05) is 54.6 Å². The molecule has 3 aromatic carbocycles. The molecule has 3 nitrogen and oxygen atoms in total. The third-order valence-electron chi connectivity index (χ3n) is 4.94. The van der Waals surface area contributed by atoms with Gasteiger partial charge in [0.2, 0.25) is 0 Å². The first-order chi connectivity index (χ1) is 15.3. The minimum absolute atomic E-state index is 0.0171. The van der Waals surface area contributed by atoms with Crippen molar-refractivity contribution < 1.29 is 27.4 Å². The second-order valence-corrected chi connectivity index (χ2v) is 7.39. The Morgan fingerprint density at radius 1 is 0.875 bits per heavy atom. The fraction of sp³-hybridized carbons (Fsp3) is 0.269. The maximum Gasteiger partial charge on any atom is 0.416 e. The van der Waals surface area contributed by atoms with Gasteiger partial charge in [0.25, 0.3) is 0 Å². The van der Waals surface area contributed by atoms with Crippen molar-refractivity contribution in [3.8, 4) is 5.75 Å². The van der Waals surface area contributed by atoms with Gasteiger partial charge in [0.15, 0.2) is 0 Å². The summed E-state index contributed by atoms with van der Waals surface area (Å²) in [5.41, 5.74) is 1.80. The third kappa shape index (κ3) is 6.87. The average Bonchev–Trinajstić information content (AvgIpc) is 2.77. The van der Waals surface area contributed by atoms with Gasteiger partial charge in [-0.3, -0.25) is 4.79 Å². The van der Waals surface area contributed by atoms with Gasteiger partial charge in [0, 0.05) is 6.42 Å². The van der Waals surface area contributed by atoms with Gasteiger partial charge < -0.3 is 9.47 Å². The van der Waals surface area contributed by atoms with E-state index in [1.54, 1.807) is 13.0 Å². The van der Waals surface area contributed by atoms with Crippen LogP contribution in [0, 0.1) is 0 Å². The topological polar surface area (TPSA) is 35.5 Å². The summed E-state index contributed by atoms with van der Waals surface area (Å²) in [5, 5.41) is 0. The highest BCUT2D eigenvalue weighted by Crippen LogP contribution is 2.34. The Bertz CT molecular complexity index is 1030. The van der Waals surface area contributed by atoms with E-state index in [4.69, 9.17) is 9.47 Å². The second kappa shape index (κ2) is 10.8. The van der Waals surface area contributed by atoms with Crippen LogP contribution in [-0.2, 0) is 35.2 Å². The quantitative estimate of drug-likeness (QED) is 0.361. The Kier molecular flexibility index (Phi) is 7.92. The molecule has 0 fully saturated rings. The lowest BCUT2D eigenvalue weighted by Gasteiger charge is -2.15. The second-order valence-electron chi connectivity index (χ2n) is 7.39. The molecule has 3 rings (SSSR count). The number of ether oxygens (including phenoxy) is 2. The lowest BCUT2D eigenvalue weighted by Crippen LogP contribution is -2.12. The summed E-state index contributed by atoms with van der Waals surface area (Å²) in [4.78, 5) is 11.5. The van der Waals surface area contributed by atoms with Crippen LogP contribution in [0.3, 0.4) is 0 Å². The number of alkyl halides is 3. The molecular weight excluding hydrogens is 417 g/mol. The summed E-state index contributed by atoms with van der Waals surface area (Å²) in [6, 6.07) is 21.4. The minimum Gasteiger partial charge on any atom is -0.489 e. The van der Waals surface area contributed by atoms with Gasteiger partial charge in [-0.25, -0.2) is 0 Å². The largest absolute Gasteiger partial charge is 0.489 e. The summed E-state index contributed by atoms with van der Waals surface area (Å²) in [5.74, 6) is 0.158. The van der Waals surface area contributed by atoms with Crippen LogP contribution < -0.4 is 4.74 Å². The molecule has 0 saturated carbocycles. The zero-order valence-corrected chi connectivity index (χ0v) is 17.8. The van der Waals surface area contributed by atoms with Crippen molar-refractivity contribution in [3.63, 3.8) is 0 Å². The van der Waals surface area contributed by atoms with Crippen LogP contribution in [0.15, 0.2) is 72.8 Å². The van der Waals surface area contributed by atoms with E-state index in [0.29, 0.717) is 24.3 Å². The number of hydrogen-bond acceptors (Lipinski definition) is 3. The molecule has 0 aliphatic heterocycles. The molecule has 0 bridgehead atoms. The average molecular weight is 442 g/mol. The standard InChI is InChI=1S/C26H25F3O3/c1-2-31-25(30)14-13-22-12-11-21(17-24(22)26(27,28)29)15-20-9-6-10-23(16-20)32-18-19-7-4-3-5-8-19/h3-12,16-17H,2,13-15,18H2,1H3. The molecule has 0 aromatic heterocycles. The van der Waals surface area contributed by atoms with Crippen molar-refractivity contribution in [2.24, 2.45) is 0 Å². The van der Waals surface area contributed by atoms with E-state index in [-0.39, 0.29) is 25.0 Å². The fourth-order valence-electron chi connectivity index (χ4n) is 3.41. The van der Waals surface area contributed by atoms with Crippen molar-refractivity contribution in [2.45, 2.75) is 39.0 Å². The molecular formula is C26H25F3O3. The van der Waals surface area contributed by atoms with E-state index in [9.17, 15) is 18.0 Å². The van der Waals surface area contributed by atoms with Crippen molar-refractivity contribution in [1.29, 1.82) is 0 Å². The number of aryl methyl sites for hydroxylation is 1. The summed E-state index contributed by atoms with van der Waals surface area (Å²) in [6.45, 7) is 2.28. The zero-order chi connectivity index (χ0) is 23.0. The Balaban J connectivity index is 1.72. The van der Waals surface area contributed by atoms with Crippen LogP contribution in [0.4, 0.5) is 13.2 Å². The molecule has 0 amide bonds. The summed E-state index contributed by atoms with van der Waals surface area (Å²) < 4.78 is 51.5. The maximum absolute atomic E-state index is 13.6. The highest BCUT2D eigenvalue weighted by molar-refractivity contribution is 5.69.